The molecule has 2 heterocycles. The number of nitrogens with zero attached hydrogens (tertiary/aromatic N) is 1. The van der Waals surface area contributed by atoms with Crippen molar-refractivity contribution in [3.63, 3.8) is 0 Å². The van der Waals surface area contributed by atoms with Crippen LogP contribution in [0.3, 0.4) is 0 Å². The molecule has 150 valence electrons. The highest BCUT2D eigenvalue weighted by Crippen LogP contribution is 2.53. The summed E-state index contributed by atoms with van der Waals surface area (Å²) in [5.41, 5.74) is 6.11. The van der Waals surface area contributed by atoms with Crippen LogP contribution in [0.2, 0.25) is 0 Å². The SMILES string of the molecule is C[C@@H](O)[C@H]1C(=O)N2C(C(=O)O)=C(SC3CC(N[C@H]4CC[C@@H](N)C4)C3)[C@H](C)[C@H]12. The number of nitrogens with one attached hydrogen (secondary N) is 1. The molecule has 0 aromatic rings. The van der Waals surface area contributed by atoms with Crippen molar-refractivity contribution in [3.8, 4) is 0 Å². The average Bonchev–Trinajstić information content (AvgIpc) is 3.05. The summed E-state index contributed by atoms with van der Waals surface area (Å²) < 4.78 is 0. The maximum atomic E-state index is 12.4. The predicted octanol–water partition coefficient (Wildman–Crippen LogP) is 0.874. The number of fused-ring (bicyclic) bond motifs is 1. The smallest absolute Gasteiger partial charge is 0.353 e. The van der Waals surface area contributed by atoms with Crippen LogP contribution in [0.4, 0.5) is 0 Å². The molecule has 2 aliphatic heterocycles. The number of carbonyl (C=O) groups excluding carboxylic acids is 1. The Bertz CT molecular complexity index is 676. The van der Waals surface area contributed by atoms with Gasteiger partial charge in [0.1, 0.15) is 5.70 Å². The molecule has 3 fully saturated rings. The van der Waals surface area contributed by atoms with E-state index >= 15 is 0 Å². The molecule has 6 atom stereocenters. The molecule has 0 radical (unpaired) electrons. The molecule has 7 nitrogen and oxygen atoms in total. The molecule has 4 rings (SSSR count). The molecule has 5 N–H and O–H groups in total. The second-order valence-electron chi connectivity index (χ2n) is 8.62. The van der Waals surface area contributed by atoms with Gasteiger partial charge in [0.05, 0.1) is 18.1 Å². The van der Waals surface area contributed by atoms with Gasteiger partial charge in [0, 0.05) is 34.2 Å². The van der Waals surface area contributed by atoms with Crippen molar-refractivity contribution in [2.75, 3.05) is 0 Å². The minimum atomic E-state index is -1.04. The van der Waals surface area contributed by atoms with Crippen LogP contribution in [-0.4, -0.2) is 62.5 Å². The first kappa shape index (κ1) is 19.2. The van der Waals surface area contributed by atoms with E-state index in [9.17, 15) is 19.8 Å². The number of thioether (sulfide) groups is 1. The molecule has 8 heteroatoms. The summed E-state index contributed by atoms with van der Waals surface area (Å²) in [5, 5.41) is 23.7. The molecule has 2 aliphatic carbocycles. The van der Waals surface area contributed by atoms with E-state index in [-0.39, 0.29) is 23.6 Å². The zero-order valence-corrected chi connectivity index (χ0v) is 16.6. The molecule has 0 spiro atoms. The molecule has 0 aromatic heterocycles. The van der Waals surface area contributed by atoms with Crippen LogP contribution in [0.15, 0.2) is 10.6 Å². The van der Waals surface area contributed by atoms with Crippen molar-refractivity contribution in [1.29, 1.82) is 0 Å². The zero-order valence-electron chi connectivity index (χ0n) is 15.8. The first-order valence-corrected chi connectivity index (χ1v) is 10.8. The first-order valence-electron chi connectivity index (χ1n) is 9.94. The number of hydrogen-bond donors (Lipinski definition) is 4. The average molecular weight is 396 g/mol. The standard InChI is InChI=1S/C19H29N3O4S/c1-8-15-14(9(2)23)18(24)22(15)16(19(25)26)17(8)27-13-6-12(7-13)21-11-4-3-10(20)5-11/h8-15,21,23H,3-7,20H2,1-2H3,(H,25,26)/t8-,9-,10-,11+,12?,13?,14-,15-/m1/s1. The number of aliphatic hydroxyl groups excluding tert-OH is 1. The first-order chi connectivity index (χ1) is 12.8. The monoisotopic (exact) mass is 395 g/mol. The van der Waals surface area contributed by atoms with Crippen LogP contribution < -0.4 is 11.1 Å². The van der Waals surface area contributed by atoms with E-state index in [1.807, 2.05) is 6.92 Å². The van der Waals surface area contributed by atoms with Crippen molar-refractivity contribution in [3.05, 3.63) is 10.6 Å². The normalized spacial score (nSPS) is 42.0. The summed E-state index contributed by atoms with van der Waals surface area (Å²) >= 11 is 1.62. The summed E-state index contributed by atoms with van der Waals surface area (Å²) in [6, 6.07) is 1.09. The summed E-state index contributed by atoms with van der Waals surface area (Å²) in [6.07, 6.45) is 4.54. The summed E-state index contributed by atoms with van der Waals surface area (Å²) in [6.45, 7) is 3.58. The Kier molecular flexibility index (Phi) is 5.03. The highest BCUT2D eigenvalue weighted by Gasteiger charge is 2.60. The van der Waals surface area contributed by atoms with Gasteiger partial charge in [-0.2, -0.15) is 0 Å². The number of hydrogen-bond acceptors (Lipinski definition) is 6. The molecule has 0 unspecified atom stereocenters. The van der Waals surface area contributed by atoms with E-state index < -0.39 is 18.0 Å². The Morgan fingerprint density at radius 2 is 2.00 bits per heavy atom. The molecule has 27 heavy (non-hydrogen) atoms. The summed E-state index contributed by atoms with van der Waals surface area (Å²) in [4.78, 5) is 26.4. The lowest BCUT2D eigenvalue weighted by molar-refractivity contribution is -0.163. The topological polar surface area (TPSA) is 116 Å². The lowest BCUT2D eigenvalue weighted by atomic mass is 9.79. The lowest BCUT2D eigenvalue weighted by Crippen LogP contribution is -2.63. The highest BCUT2D eigenvalue weighted by atomic mass is 32.2. The fraction of sp³-hybridized carbons (Fsp3) is 0.789. The lowest BCUT2D eigenvalue weighted by Gasteiger charge is -2.46. The number of aliphatic hydroxyl groups is 1. The Morgan fingerprint density at radius 3 is 2.56 bits per heavy atom. The molecular weight excluding hydrogens is 366 g/mol. The van der Waals surface area contributed by atoms with Gasteiger partial charge in [-0.25, -0.2) is 4.79 Å². The molecule has 4 aliphatic rings. The Labute approximate surface area is 163 Å². The number of amides is 1. The van der Waals surface area contributed by atoms with Gasteiger partial charge >= 0.3 is 5.97 Å². The number of carboxylic acid groups (broad SMARTS) is 1. The number of nitrogens with two attached hydrogens (primary N) is 1. The van der Waals surface area contributed by atoms with E-state index in [0.29, 0.717) is 23.4 Å². The van der Waals surface area contributed by atoms with Crippen molar-refractivity contribution in [2.45, 2.75) is 81.5 Å². The molecule has 1 saturated heterocycles. The second kappa shape index (κ2) is 7.06. The maximum absolute atomic E-state index is 12.4. The Morgan fingerprint density at radius 1 is 1.30 bits per heavy atom. The van der Waals surface area contributed by atoms with Crippen LogP contribution in [-0.2, 0) is 9.59 Å². The van der Waals surface area contributed by atoms with Crippen molar-refractivity contribution < 1.29 is 19.8 Å². The zero-order chi connectivity index (χ0) is 19.5. The maximum Gasteiger partial charge on any atom is 0.353 e. The third-order valence-corrected chi connectivity index (χ3v) is 8.18. The number of carboxylic acids is 1. The van der Waals surface area contributed by atoms with Gasteiger partial charge in [0.15, 0.2) is 0 Å². The van der Waals surface area contributed by atoms with Crippen LogP contribution in [0, 0.1) is 11.8 Å². The van der Waals surface area contributed by atoms with Gasteiger partial charge < -0.3 is 26.2 Å². The quantitative estimate of drug-likeness (QED) is 0.493. The molecule has 0 bridgehead atoms. The summed E-state index contributed by atoms with van der Waals surface area (Å²) in [7, 11) is 0. The third kappa shape index (κ3) is 3.20. The predicted molar refractivity (Wildman–Crippen MR) is 103 cm³/mol. The fourth-order valence-electron chi connectivity index (χ4n) is 5.16. The minimum Gasteiger partial charge on any atom is -0.477 e. The van der Waals surface area contributed by atoms with Crippen LogP contribution >= 0.6 is 11.8 Å². The van der Waals surface area contributed by atoms with Crippen molar-refractivity contribution in [2.24, 2.45) is 17.6 Å². The van der Waals surface area contributed by atoms with Crippen LogP contribution in [0.5, 0.6) is 0 Å². The van der Waals surface area contributed by atoms with E-state index in [1.165, 1.54) is 4.90 Å². The Balaban J connectivity index is 1.39. The highest BCUT2D eigenvalue weighted by molar-refractivity contribution is 8.03. The summed E-state index contributed by atoms with van der Waals surface area (Å²) in [5.74, 6) is -1.84. The molecule has 1 amide bonds. The molecule has 0 aromatic carbocycles. The largest absolute Gasteiger partial charge is 0.477 e. The van der Waals surface area contributed by atoms with Gasteiger partial charge in [-0.15, -0.1) is 11.8 Å². The molecule has 2 saturated carbocycles. The van der Waals surface area contributed by atoms with Gasteiger partial charge in [-0.1, -0.05) is 6.92 Å². The van der Waals surface area contributed by atoms with E-state index in [2.05, 4.69) is 5.32 Å². The van der Waals surface area contributed by atoms with Gasteiger partial charge in [-0.3, -0.25) is 4.79 Å². The Hall–Kier alpha value is -1.09. The fourth-order valence-corrected chi connectivity index (χ4v) is 6.82. The van der Waals surface area contributed by atoms with E-state index in [0.717, 1.165) is 37.0 Å². The van der Waals surface area contributed by atoms with Crippen molar-refractivity contribution >= 4 is 23.6 Å². The minimum absolute atomic E-state index is 0.0433. The van der Waals surface area contributed by atoms with Gasteiger partial charge in [0.2, 0.25) is 5.91 Å². The third-order valence-electron chi connectivity index (χ3n) is 6.64. The van der Waals surface area contributed by atoms with Crippen molar-refractivity contribution in [1.82, 2.24) is 10.2 Å². The van der Waals surface area contributed by atoms with Crippen LogP contribution in [0.25, 0.3) is 0 Å². The number of aliphatic carboxylic acids is 1. The number of β-lactam (4-membered cyclic amide) rings is 1. The molecular formula is C19H29N3O4S. The van der Waals surface area contributed by atoms with Gasteiger partial charge in [0.25, 0.3) is 0 Å². The van der Waals surface area contributed by atoms with E-state index in [4.69, 9.17) is 5.73 Å². The van der Waals surface area contributed by atoms with Gasteiger partial charge in [-0.05, 0) is 39.0 Å². The van der Waals surface area contributed by atoms with E-state index in [1.54, 1.807) is 18.7 Å². The second-order valence-corrected chi connectivity index (χ2v) is 9.96. The number of rotatable bonds is 6. The number of carbonyl (C=O) groups is 2. The van der Waals surface area contributed by atoms with Crippen LogP contribution in [0.1, 0.15) is 46.0 Å².